The minimum Gasteiger partial charge on any atom is -0.468 e. The van der Waals surface area contributed by atoms with Crippen molar-refractivity contribution in [1.82, 2.24) is 4.90 Å². The molecule has 0 aromatic rings. The third kappa shape index (κ3) is 3.80. The highest BCUT2D eigenvalue weighted by molar-refractivity contribution is 5.75. The summed E-state index contributed by atoms with van der Waals surface area (Å²) in [7, 11) is 3.30. The van der Waals surface area contributed by atoms with E-state index in [1.54, 1.807) is 0 Å². The number of nitrogens with zero attached hydrogens (tertiary/aromatic N) is 1. The van der Waals surface area contributed by atoms with E-state index in [1.165, 1.54) is 7.11 Å². The van der Waals surface area contributed by atoms with Gasteiger partial charge in [-0.2, -0.15) is 0 Å². The molecule has 0 bridgehead atoms. The van der Waals surface area contributed by atoms with E-state index >= 15 is 0 Å². The van der Waals surface area contributed by atoms with Crippen LogP contribution in [0.4, 0.5) is 0 Å². The molecule has 0 saturated heterocycles. The van der Waals surface area contributed by atoms with Gasteiger partial charge in [-0.1, -0.05) is 20.8 Å². The standard InChI is InChI=1S/C11H24N2O2/c1-8(11(2,3)4)13(5)9(7-12)10(14)15-6/h8-9H,7,12H2,1-6H3. The number of hydrogen-bond donors (Lipinski definition) is 1. The van der Waals surface area contributed by atoms with E-state index in [0.29, 0.717) is 0 Å². The SMILES string of the molecule is COC(=O)C(CN)N(C)C(C)C(C)(C)C. The van der Waals surface area contributed by atoms with Crippen molar-refractivity contribution in [1.29, 1.82) is 0 Å². The van der Waals surface area contributed by atoms with Gasteiger partial charge in [-0.05, 0) is 19.4 Å². The molecule has 0 rings (SSSR count). The van der Waals surface area contributed by atoms with Crippen LogP contribution >= 0.6 is 0 Å². The topological polar surface area (TPSA) is 55.6 Å². The minimum atomic E-state index is -0.357. The molecular formula is C11H24N2O2. The number of hydrogen-bond acceptors (Lipinski definition) is 4. The third-order valence-electron chi connectivity index (χ3n) is 3.05. The number of carbonyl (C=O) groups excluding carboxylic acids is 1. The van der Waals surface area contributed by atoms with Crippen LogP contribution in [0.3, 0.4) is 0 Å². The molecule has 2 N–H and O–H groups in total. The second kappa shape index (κ2) is 5.47. The fourth-order valence-electron chi connectivity index (χ4n) is 1.45. The van der Waals surface area contributed by atoms with Gasteiger partial charge in [0.2, 0.25) is 0 Å². The lowest BCUT2D eigenvalue weighted by atomic mass is 9.86. The molecule has 0 radical (unpaired) electrons. The number of likely N-dealkylation sites (N-methyl/N-ethyl adjacent to an activating group) is 1. The Labute approximate surface area is 92.8 Å². The highest BCUT2D eigenvalue weighted by Gasteiger charge is 2.31. The first-order chi connectivity index (χ1) is 6.75. The van der Waals surface area contributed by atoms with Crippen LogP contribution in [0.25, 0.3) is 0 Å². The second-order valence-corrected chi connectivity index (χ2v) is 4.98. The highest BCUT2D eigenvalue weighted by Crippen LogP contribution is 2.24. The molecule has 2 unspecified atom stereocenters. The van der Waals surface area contributed by atoms with Crippen LogP contribution in [0.2, 0.25) is 0 Å². The molecule has 4 nitrogen and oxygen atoms in total. The van der Waals surface area contributed by atoms with Gasteiger partial charge in [-0.15, -0.1) is 0 Å². The van der Waals surface area contributed by atoms with Crippen molar-refractivity contribution in [2.45, 2.75) is 39.8 Å². The Hall–Kier alpha value is -0.610. The fraction of sp³-hybridized carbons (Fsp3) is 0.909. The molecule has 0 heterocycles. The first-order valence-electron chi connectivity index (χ1n) is 5.25. The van der Waals surface area contributed by atoms with Crippen molar-refractivity contribution in [2.75, 3.05) is 20.7 Å². The van der Waals surface area contributed by atoms with Gasteiger partial charge in [0.15, 0.2) is 0 Å². The van der Waals surface area contributed by atoms with E-state index in [2.05, 4.69) is 27.7 Å². The van der Waals surface area contributed by atoms with Gasteiger partial charge in [-0.3, -0.25) is 9.69 Å². The number of ether oxygens (including phenoxy) is 1. The lowest BCUT2D eigenvalue weighted by Crippen LogP contribution is -2.52. The Bertz CT molecular complexity index is 211. The molecule has 0 saturated carbocycles. The van der Waals surface area contributed by atoms with E-state index in [9.17, 15) is 4.79 Å². The summed E-state index contributed by atoms with van der Waals surface area (Å²) in [5.41, 5.74) is 5.70. The predicted octanol–water partition coefficient (Wildman–Crippen LogP) is 0.853. The zero-order chi connectivity index (χ0) is 12.2. The Balaban J connectivity index is 4.65. The van der Waals surface area contributed by atoms with Gasteiger partial charge in [-0.25, -0.2) is 0 Å². The van der Waals surface area contributed by atoms with Crippen LogP contribution < -0.4 is 5.73 Å². The van der Waals surface area contributed by atoms with Gasteiger partial charge in [0, 0.05) is 12.6 Å². The van der Waals surface area contributed by atoms with Gasteiger partial charge < -0.3 is 10.5 Å². The van der Waals surface area contributed by atoms with Crippen molar-refractivity contribution in [3.63, 3.8) is 0 Å². The van der Waals surface area contributed by atoms with E-state index in [-0.39, 0.29) is 30.0 Å². The van der Waals surface area contributed by atoms with Crippen LogP contribution in [0.15, 0.2) is 0 Å². The summed E-state index contributed by atoms with van der Waals surface area (Å²) in [5.74, 6) is -0.267. The average Bonchev–Trinajstić information content (AvgIpc) is 2.15. The fourth-order valence-corrected chi connectivity index (χ4v) is 1.45. The maximum absolute atomic E-state index is 11.5. The number of carbonyl (C=O) groups is 1. The molecular weight excluding hydrogens is 192 g/mol. The van der Waals surface area contributed by atoms with Crippen LogP contribution in [0.5, 0.6) is 0 Å². The molecule has 90 valence electrons. The van der Waals surface area contributed by atoms with E-state index in [1.807, 2.05) is 11.9 Å². The second-order valence-electron chi connectivity index (χ2n) is 4.98. The van der Waals surface area contributed by atoms with E-state index in [0.717, 1.165) is 0 Å². The average molecular weight is 216 g/mol. The summed E-state index contributed by atoms with van der Waals surface area (Å²) in [6.07, 6.45) is 0. The normalized spacial score (nSPS) is 16.3. The molecule has 0 aliphatic heterocycles. The molecule has 0 amide bonds. The Morgan fingerprint density at radius 2 is 1.93 bits per heavy atom. The molecule has 0 spiro atoms. The summed E-state index contributed by atoms with van der Waals surface area (Å²) in [5, 5.41) is 0. The van der Waals surface area contributed by atoms with Gasteiger partial charge >= 0.3 is 5.97 Å². The third-order valence-corrected chi connectivity index (χ3v) is 3.05. The van der Waals surface area contributed by atoms with Crippen molar-refractivity contribution in [3.05, 3.63) is 0 Å². The predicted molar refractivity (Wildman–Crippen MR) is 61.5 cm³/mol. The minimum absolute atomic E-state index is 0.107. The van der Waals surface area contributed by atoms with Crippen molar-refractivity contribution in [3.8, 4) is 0 Å². The summed E-state index contributed by atoms with van der Waals surface area (Å²) in [6.45, 7) is 8.78. The molecule has 0 aliphatic carbocycles. The maximum atomic E-state index is 11.5. The quantitative estimate of drug-likeness (QED) is 0.708. The molecule has 15 heavy (non-hydrogen) atoms. The molecule has 0 fully saturated rings. The van der Waals surface area contributed by atoms with Crippen LogP contribution in [0, 0.1) is 5.41 Å². The maximum Gasteiger partial charge on any atom is 0.324 e. The summed E-state index contributed by atoms with van der Waals surface area (Å²) in [4.78, 5) is 13.5. The lowest BCUT2D eigenvalue weighted by molar-refractivity contribution is -0.147. The Morgan fingerprint density at radius 3 is 2.20 bits per heavy atom. The van der Waals surface area contributed by atoms with Crippen molar-refractivity contribution >= 4 is 5.97 Å². The van der Waals surface area contributed by atoms with Gasteiger partial charge in [0.25, 0.3) is 0 Å². The van der Waals surface area contributed by atoms with Gasteiger partial charge in [0.05, 0.1) is 7.11 Å². The van der Waals surface area contributed by atoms with E-state index in [4.69, 9.17) is 10.5 Å². The number of rotatable bonds is 4. The molecule has 0 aromatic heterocycles. The number of esters is 1. The molecule has 0 aliphatic rings. The lowest BCUT2D eigenvalue weighted by Gasteiger charge is -2.38. The molecule has 4 heteroatoms. The van der Waals surface area contributed by atoms with Crippen molar-refractivity contribution < 1.29 is 9.53 Å². The molecule has 2 atom stereocenters. The van der Waals surface area contributed by atoms with Crippen molar-refractivity contribution in [2.24, 2.45) is 11.1 Å². The monoisotopic (exact) mass is 216 g/mol. The molecule has 0 aromatic carbocycles. The number of nitrogens with two attached hydrogens (primary N) is 1. The first kappa shape index (κ1) is 14.4. The summed E-state index contributed by atoms with van der Waals surface area (Å²) in [6, 6.07) is -0.102. The van der Waals surface area contributed by atoms with Crippen LogP contribution in [-0.4, -0.2) is 43.7 Å². The Morgan fingerprint density at radius 1 is 1.47 bits per heavy atom. The van der Waals surface area contributed by atoms with Crippen LogP contribution in [-0.2, 0) is 9.53 Å². The Kier molecular flexibility index (Phi) is 5.24. The zero-order valence-electron chi connectivity index (χ0n) is 10.7. The largest absolute Gasteiger partial charge is 0.468 e. The highest BCUT2D eigenvalue weighted by atomic mass is 16.5. The van der Waals surface area contributed by atoms with E-state index < -0.39 is 0 Å². The number of methoxy groups -OCH3 is 1. The summed E-state index contributed by atoms with van der Waals surface area (Å²) >= 11 is 0. The zero-order valence-corrected chi connectivity index (χ0v) is 10.7. The van der Waals surface area contributed by atoms with Crippen LogP contribution in [0.1, 0.15) is 27.7 Å². The smallest absolute Gasteiger partial charge is 0.324 e. The first-order valence-corrected chi connectivity index (χ1v) is 5.25. The van der Waals surface area contributed by atoms with Gasteiger partial charge in [0.1, 0.15) is 6.04 Å². The summed E-state index contributed by atoms with van der Waals surface area (Å²) < 4.78 is 4.73.